The molecule has 0 aliphatic heterocycles. The molecule has 0 spiro atoms. The summed E-state index contributed by atoms with van der Waals surface area (Å²) >= 11 is 0. The molecule has 0 fully saturated rings. The Bertz CT molecular complexity index is 860. The fraction of sp³-hybridized carbons (Fsp3) is 0.273. The van der Waals surface area contributed by atoms with E-state index in [-0.39, 0.29) is 5.78 Å². The molecule has 2 rings (SSSR count). The topological polar surface area (TPSA) is 80.3 Å². The van der Waals surface area contributed by atoms with Gasteiger partial charge in [0.25, 0.3) is 0 Å². The first-order valence-corrected chi connectivity index (χ1v) is 8.80. The SMILES string of the molecule is COc1ccc(C(=O)[C@H](C)OC(=O)/C=C/c2cc(OC)c(OC)c(OC)c2)cc1. The lowest BCUT2D eigenvalue weighted by Crippen LogP contribution is -2.23. The number of methoxy groups -OCH3 is 4. The molecular formula is C22H24O7. The van der Waals surface area contributed by atoms with E-state index in [9.17, 15) is 9.59 Å². The zero-order valence-corrected chi connectivity index (χ0v) is 17.1. The predicted molar refractivity (Wildman–Crippen MR) is 108 cm³/mol. The summed E-state index contributed by atoms with van der Waals surface area (Å²) in [6.45, 7) is 1.53. The molecule has 0 aromatic heterocycles. The summed E-state index contributed by atoms with van der Waals surface area (Å²) in [5.74, 6) is 1.06. The van der Waals surface area contributed by atoms with Crippen LogP contribution in [0.1, 0.15) is 22.8 Å². The van der Waals surface area contributed by atoms with Crippen molar-refractivity contribution < 1.29 is 33.3 Å². The van der Waals surface area contributed by atoms with Crippen molar-refractivity contribution in [3.63, 3.8) is 0 Å². The third-order valence-corrected chi connectivity index (χ3v) is 4.14. The molecule has 0 radical (unpaired) electrons. The molecule has 0 bridgehead atoms. The quantitative estimate of drug-likeness (QED) is 0.362. The minimum atomic E-state index is -0.930. The summed E-state index contributed by atoms with van der Waals surface area (Å²) < 4.78 is 26.1. The minimum Gasteiger partial charge on any atom is -0.497 e. The summed E-state index contributed by atoms with van der Waals surface area (Å²) in [5, 5.41) is 0. The van der Waals surface area contributed by atoms with Gasteiger partial charge in [0.15, 0.2) is 17.6 Å². The van der Waals surface area contributed by atoms with Crippen LogP contribution in [0, 0.1) is 0 Å². The van der Waals surface area contributed by atoms with Gasteiger partial charge in [0.2, 0.25) is 11.5 Å². The lowest BCUT2D eigenvalue weighted by atomic mass is 10.1. The molecule has 7 heteroatoms. The van der Waals surface area contributed by atoms with Crippen LogP contribution < -0.4 is 18.9 Å². The molecule has 0 saturated heterocycles. The molecule has 0 N–H and O–H groups in total. The molecule has 29 heavy (non-hydrogen) atoms. The highest BCUT2D eigenvalue weighted by Gasteiger charge is 2.19. The number of benzene rings is 2. The molecule has 0 saturated carbocycles. The molecule has 2 aromatic carbocycles. The second kappa shape index (κ2) is 10.2. The minimum absolute atomic E-state index is 0.304. The maximum atomic E-state index is 12.4. The maximum absolute atomic E-state index is 12.4. The van der Waals surface area contributed by atoms with Crippen LogP contribution in [0.4, 0.5) is 0 Å². The first-order valence-electron chi connectivity index (χ1n) is 8.80. The van der Waals surface area contributed by atoms with Gasteiger partial charge in [0, 0.05) is 11.6 Å². The van der Waals surface area contributed by atoms with Gasteiger partial charge in [-0.2, -0.15) is 0 Å². The van der Waals surface area contributed by atoms with E-state index in [1.165, 1.54) is 40.4 Å². The monoisotopic (exact) mass is 400 g/mol. The van der Waals surface area contributed by atoms with Crippen molar-refractivity contribution in [1.29, 1.82) is 0 Å². The van der Waals surface area contributed by atoms with Gasteiger partial charge in [-0.1, -0.05) is 0 Å². The van der Waals surface area contributed by atoms with Crippen LogP contribution in [0.25, 0.3) is 6.08 Å². The molecule has 0 heterocycles. The standard InChI is InChI=1S/C22H24O7/c1-14(21(24)16-7-9-17(25-2)10-8-16)29-20(23)11-6-15-12-18(26-3)22(28-5)19(13-15)27-4/h6-14H,1-5H3/b11-6+/t14-/m0/s1. The number of Topliss-reactive ketones (excluding diaryl/α,β-unsaturated/α-hetero) is 1. The van der Waals surface area contributed by atoms with Crippen LogP contribution in [0.5, 0.6) is 23.0 Å². The largest absolute Gasteiger partial charge is 0.497 e. The number of carbonyl (C=O) groups excluding carboxylic acids is 2. The number of ether oxygens (including phenoxy) is 5. The van der Waals surface area contributed by atoms with E-state index in [2.05, 4.69) is 0 Å². The zero-order valence-electron chi connectivity index (χ0n) is 17.1. The van der Waals surface area contributed by atoms with Gasteiger partial charge in [0.1, 0.15) is 5.75 Å². The van der Waals surface area contributed by atoms with Gasteiger partial charge in [-0.25, -0.2) is 4.79 Å². The average molecular weight is 400 g/mol. The molecule has 154 valence electrons. The van der Waals surface area contributed by atoms with Crippen LogP contribution in [-0.2, 0) is 9.53 Å². The summed E-state index contributed by atoms with van der Waals surface area (Å²) in [7, 11) is 6.06. The van der Waals surface area contributed by atoms with E-state index in [1.54, 1.807) is 43.5 Å². The molecule has 0 aliphatic carbocycles. The van der Waals surface area contributed by atoms with E-state index >= 15 is 0 Å². The van der Waals surface area contributed by atoms with E-state index in [0.717, 1.165) is 0 Å². The number of ketones is 1. The first kappa shape index (κ1) is 21.8. The third-order valence-electron chi connectivity index (χ3n) is 4.14. The van der Waals surface area contributed by atoms with E-state index in [0.29, 0.717) is 34.1 Å². The van der Waals surface area contributed by atoms with Crippen LogP contribution in [0.3, 0.4) is 0 Å². The molecule has 2 aromatic rings. The molecule has 7 nitrogen and oxygen atoms in total. The number of rotatable bonds is 9. The van der Waals surface area contributed by atoms with Gasteiger partial charge in [-0.15, -0.1) is 0 Å². The maximum Gasteiger partial charge on any atom is 0.331 e. The Labute approximate surface area is 169 Å². The Morgan fingerprint density at radius 1 is 0.862 bits per heavy atom. The van der Waals surface area contributed by atoms with Crippen LogP contribution in [0.2, 0.25) is 0 Å². The smallest absolute Gasteiger partial charge is 0.331 e. The van der Waals surface area contributed by atoms with E-state index in [4.69, 9.17) is 23.7 Å². The molecule has 0 aliphatic rings. The summed E-state index contributed by atoms with van der Waals surface area (Å²) in [5.41, 5.74) is 1.07. The van der Waals surface area contributed by atoms with Gasteiger partial charge < -0.3 is 23.7 Å². The first-order chi connectivity index (χ1) is 13.9. The van der Waals surface area contributed by atoms with Crippen molar-refractivity contribution in [2.24, 2.45) is 0 Å². The van der Waals surface area contributed by atoms with E-state index < -0.39 is 12.1 Å². The Balaban J connectivity index is 2.07. The van der Waals surface area contributed by atoms with Crippen molar-refractivity contribution in [3.8, 4) is 23.0 Å². The second-order valence-corrected chi connectivity index (χ2v) is 5.96. The van der Waals surface area contributed by atoms with Crippen molar-refractivity contribution in [2.45, 2.75) is 13.0 Å². The average Bonchev–Trinajstić information content (AvgIpc) is 2.76. The van der Waals surface area contributed by atoms with Gasteiger partial charge in [-0.3, -0.25) is 4.79 Å². The predicted octanol–water partition coefficient (Wildman–Crippen LogP) is 3.55. The highest BCUT2D eigenvalue weighted by Crippen LogP contribution is 2.38. The Kier molecular flexibility index (Phi) is 7.65. The third kappa shape index (κ3) is 5.51. The highest BCUT2D eigenvalue weighted by molar-refractivity contribution is 6.01. The number of esters is 1. The summed E-state index contributed by atoms with van der Waals surface area (Å²) in [4.78, 5) is 24.5. The molecular weight excluding hydrogens is 376 g/mol. The van der Waals surface area contributed by atoms with Gasteiger partial charge in [0.05, 0.1) is 28.4 Å². The summed E-state index contributed by atoms with van der Waals surface area (Å²) in [6, 6.07) is 9.97. The second-order valence-electron chi connectivity index (χ2n) is 5.96. The van der Waals surface area contributed by atoms with Crippen molar-refractivity contribution in [2.75, 3.05) is 28.4 Å². The lowest BCUT2D eigenvalue weighted by Gasteiger charge is -2.13. The van der Waals surface area contributed by atoms with Gasteiger partial charge >= 0.3 is 5.97 Å². The van der Waals surface area contributed by atoms with Crippen molar-refractivity contribution in [3.05, 3.63) is 53.6 Å². The number of hydrogen-bond donors (Lipinski definition) is 0. The fourth-order valence-electron chi connectivity index (χ4n) is 2.62. The van der Waals surface area contributed by atoms with Crippen molar-refractivity contribution in [1.82, 2.24) is 0 Å². The normalized spacial score (nSPS) is 11.6. The molecule has 0 unspecified atom stereocenters. The molecule has 1 atom stereocenters. The Hall–Kier alpha value is -3.48. The lowest BCUT2D eigenvalue weighted by molar-refractivity contribution is -0.140. The number of hydrogen-bond acceptors (Lipinski definition) is 7. The van der Waals surface area contributed by atoms with Crippen molar-refractivity contribution >= 4 is 17.8 Å². The zero-order chi connectivity index (χ0) is 21.4. The fourth-order valence-corrected chi connectivity index (χ4v) is 2.62. The Morgan fingerprint density at radius 2 is 1.45 bits per heavy atom. The summed E-state index contributed by atoms with van der Waals surface area (Å²) in [6.07, 6.45) is 1.84. The van der Waals surface area contributed by atoms with Gasteiger partial charge in [-0.05, 0) is 55.0 Å². The Morgan fingerprint density at radius 3 is 1.93 bits per heavy atom. The van der Waals surface area contributed by atoms with Crippen LogP contribution in [-0.4, -0.2) is 46.3 Å². The molecule has 0 amide bonds. The number of carbonyl (C=O) groups is 2. The van der Waals surface area contributed by atoms with E-state index in [1.807, 2.05) is 0 Å². The van der Waals surface area contributed by atoms with Crippen LogP contribution >= 0.6 is 0 Å². The highest BCUT2D eigenvalue weighted by atomic mass is 16.5. The van der Waals surface area contributed by atoms with Crippen LogP contribution in [0.15, 0.2) is 42.5 Å².